The third kappa shape index (κ3) is 1.69. The Hall–Kier alpha value is -0.980. The minimum atomic E-state index is -0.302. The van der Waals surface area contributed by atoms with E-state index in [0.29, 0.717) is 5.69 Å². The van der Waals surface area contributed by atoms with E-state index in [9.17, 15) is 4.39 Å². The number of benzene rings is 1. The molecule has 0 unspecified atom stereocenters. The van der Waals surface area contributed by atoms with Gasteiger partial charge in [0.1, 0.15) is 15.2 Å². The molecule has 0 aliphatic heterocycles. The number of hydrogen-bond donors (Lipinski definition) is 0. The molecule has 0 aliphatic rings. The zero-order valence-corrected chi connectivity index (χ0v) is 8.64. The molecule has 0 amide bonds. The molecule has 0 fully saturated rings. The molecule has 2 rings (SSSR count). The molecule has 0 saturated heterocycles. The van der Waals surface area contributed by atoms with Crippen molar-refractivity contribution in [3.8, 4) is 5.69 Å². The van der Waals surface area contributed by atoms with Crippen LogP contribution in [-0.2, 0) is 0 Å². The highest BCUT2D eigenvalue weighted by Crippen LogP contribution is 2.11. The van der Waals surface area contributed by atoms with E-state index in [1.54, 1.807) is 24.4 Å². The van der Waals surface area contributed by atoms with Crippen molar-refractivity contribution in [1.29, 1.82) is 0 Å². The summed E-state index contributed by atoms with van der Waals surface area (Å²) in [5.74, 6) is -0.302. The highest BCUT2D eigenvalue weighted by molar-refractivity contribution is 14.1. The van der Waals surface area contributed by atoms with E-state index < -0.39 is 0 Å². The summed E-state index contributed by atoms with van der Waals surface area (Å²) in [6.07, 6.45) is 1.67. The van der Waals surface area contributed by atoms with Gasteiger partial charge in [-0.05, 0) is 34.7 Å². The zero-order chi connectivity index (χ0) is 9.26. The van der Waals surface area contributed by atoms with Crippen molar-refractivity contribution in [2.45, 2.75) is 0 Å². The summed E-state index contributed by atoms with van der Waals surface area (Å²) in [7, 11) is 0. The Morgan fingerprint density at radius 2 is 2.08 bits per heavy atom. The standard InChI is InChI=1S/C8H5FIN3/c9-6-3-1-2-4-7(6)13-5-8(10)11-12-13/h1-5H. The molecule has 0 aliphatic carbocycles. The van der Waals surface area contributed by atoms with Gasteiger partial charge in [0, 0.05) is 0 Å². The van der Waals surface area contributed by atoms with Crippen LogP contribution in [0.1, 0.15) is 0 Å². The Balaban J connectivity index is 2.52. The second kappa shape index (κ2) is 3.41. The van der Waals surface area contributed by atoms with Crippen molar-refractivity contribution in [1.82, 2.24) is 15.0 Å². The molecule has 0 N–H and O–H groups in total. The summed E-state index contributed by atoms with van der Waals surface area (Å²) in [6, 6.07) is 6.44. The van der Waals surface area contributed by atoms with E-state index in [2.05, 4.69) is 10.3 Å². The minimum absolute atomic E-state index is 0.302. The number of para-hydroxylation sites is 1. The lowest BCUT2D eigenvalue weighted by molar-refractivity contribution is 0.607. The van der Waals surface area contributed by atoms with E-state index >= 15 is 0 Å². The van der Waals surface area contributed by atoms with Crippen molar-refractivity contribution in [2.75, 3.05) is 0 Å². The van der Waals surface area contributed by atoms with Crippen LogP contribution >= 0.6 is 22.6 Å². The van der Waals surface area contributed by atoms with E-state index in [1.165, 1.54) is 10.7 Å². The van der Waals surface area contributed by atoms with Gasteiger partial charge >= 0.3 is 0 Å². The maximum absolute atomic E-state index is 13.2. The van der Waals surface area contributed by atoms with Crippen LogP contribution in [0.4, 0.5) is 4.39 Å². The lowest BCUT2D eigenvalue weighted by Gasteiger charge is -1.99. The van der Waals surface area contributed by atoms with Crippen molar-refractivity contribution < 1.29 is 4.39 Å². The van der Waals surface area contributed by atoms with Crippen LogP contribution in [0.2, 0.25) is 0 Å². The molecule has 0 atom stereocenters. The fourth-order valence-electron chi connectivity index (χ4n) is 0.999. The van der Waals surface area contributed by atoms with Crippen LogP contribution in [0.5, 0.6) is 0 Å². The molecule has 2 aromatic rings. The molecule has 0 bridgehead atoms. The van der Waals surface area contributed by atoms with Crippen molar-refractivity contribution in [3.05, 3.63) is 40.0 Å². The van der Waals surface area contributed by atoms with Gasteiger partial charge in [-0.3, -0.25) is 0 Å². The molecule has 5 heteroatoms. The van der Waals surface area contributed by atoms with Gasteiger partial charge in [0.2, 0.25) is 0 Å². The number of aromatic nitrogens is 3. The molecular weight excluding hydrogens is 284 g/mol. The summed E-state index contributed by atoms with van der Waals surface area (Å²) < 4.78 is 15.3. The number of hydrogen-bond acceptors (Lipinski definition) is 2. The van der Waals surface area contributed by atoms with E-state index in [-0.39, 0.29) is 5.82 Å². The first-order chi connectivity index (χ1) is 6.27. The first-order valence-corrected chi connectivity index (χ1v) is 4.68. The fourth-order valence-corrected chi connectivity index (χ4v) is 1.36. The SMILES string of the molecule is Fc1ccccc1-n1cc(I)nn1. The summed E-state index contributed by atoms with van der Waals surface area (Å²) in [4.78, 5) is 0. The van der Waals surface area contributed by atoms with Crippen LogP contribution in [0, 0.1) is 9.52 Å². The van der Waals surface area contributed by atoms with E-state index in [1.807, 2.05) is 22.6 Å². The van der Waals surface area contributed by atoms with Gasteiger partial charge in [-0.25, -0.2) is 9.07 Å². The predicted octanol–water partition coefficient (Wildman–Crippen LogP) is 2.01. The van der Waals surface area contributed by atoms with E-state index in [4.69, 9.17) is 0 Å². The number of nitrogens with zero attached hydrogens (tertiary/aromatic N) is 3. The van der Waals surface area contributed by atoms with Gasteiger partial charge in [0.15, 0.2) is 0 Å². The van der Waals surface area contributed by atoms with Crippen LogP contribution in [0.3, 0.4) is 0 Å². The van der Waals surface area contributed by atoms with Crippen LogP contribution in [0.15, 0.2) is 30.5 Å². The van der Waals surface area contributed by atoms with Gasteiger partial charge < -0.3 is 0 Å². The molecule has 1 heterocycles. The average molecular weight is 289 g/mol. The average Bonchev–Trinajstić information content (AvgIpc) is 2.53. The summed E-state index contributed by atoms with van der Waals surface area (Å²) in [5, 5.41) is 7.53. The molecule has 1 aromatic carbocycles. The van der Waals surface area contributed by atoms with Gasteiger partial charge in [0.25, 0.3) is 0 Å². The van der Waals surface area contributed by atoms with Crippen molar-refractivity contribution in [2.24, 2.45) is 0 Å². The van der Waals surface area contributed by atoms with Crippen LogP contribution in [0.25, 0.3) is 5.69 Å². The summed E-state index contributed by atoms with van der Waals surface area (Å²) in [5.41, 5.74) is 0.415. The Morgan fingerprint density at radius 3 is 2.69 bits per heavy atom. The van der Waals surface area contributed by atoms with Gasteiger partial charge in [0.05, 0.1) is 6.20 Å². The number of halogens is 2. The molecular formula is C8H5FIN3. The third-order valence-corrected chi connectivity index (χ3v) is 2.06. The normalized spacial score (nSPS) is 10.3. The highest BCUT2D eigenvalue weighted by Gasteiger charge is 2.04. The Kier molecular flexibility index (Phi) is 2.26. The number of rotatable bonds is 1. The lowest BCUT2D eigenvalue weighted by Crippen LogP contribution is -1.97. The van der Waals surface area contributed by atoms with Gasteiger partial charge in [-0.2, -0.15) is 0 Å². The molecule has 0 spiro atoms. The second-order valence-electron chi connectivity index (χ2n) is 2.44. The topological polar surface area (TPSA) is 30.7 Å². The second-order valence-corrected chi connectivity index (χ2v) is 3.54. The maximum atomic E-state index is 13.2. The fraction of sp³-hybridized carbons (Fsp3) is 0. The Morgan fingerprint density at radius 1 is 1.31 bits per heavy atom. The predicted molar refractivity (Wildman–Crippen MR) is 54.0 cm³/mol. The van der Waals surface area contributed by atoms with Gasteiger partial charge in [-0.15, -0.1) is 5.10 Å². The maximum Gasteiger partial charge on any atom is 0.148 e. The summed E-state index contributed by atoms with van der Waals surface area (Å²) >= 11 is 2.02. The molecule has 66 valence electrons. The molecule has 1 aromatic heterocycles. The lowest BCUT2D eigenvalue weighted by atomic mass is 10.3. The Bertz CT molecular complexity index is 427. The third-order valence-electron chi connectivity index (χ3n) is 1.56. The first-order valence-electron chi connectivity index (χ1n) is 3.60. The monoisotopic (exact) mass is 289 g/mol. The van der Waals surface area contributed by atoms with Crippen molar-refractivity contribution >= 4 is 22.6 Å². The molecule has 13 heavy (non-hydrogen) atoms. The van der Waals surface area contributed by atoms with Crippen molar-refractivity contribution in [3.63, 3.8) is 0 Å². The molecule has 3 nitrogen and oxygen atoms in total. The minimum Gasteiger partial charge on any atom is -0.217 e. The van der Waals surface area contributed by atoms with Gasteiger partial charge in [-0.1, -0.05) is 17.3 Å². The molecule has 0 radical (unpaired) electrons. The van der Waals surface area contributed by atoms with E-state index in [0.717, 1.165) is 3.70 Å². The molecule has 0 saturated carbocycles. The zero-order valence-electron chi connectivity index (χ0n) is 6.48. The summed E-state index contributed by atoms with van der Waals surface area (Å²) in [6.45, 7) is 0. The smallest absolute Gasteiger partial charge is 0.148 e. The largest absolute Gasteiger partial charge is 0.217 e. The van der Waals surface area contributed by atoms with Crippen LogP contribution in [-0.4, -0.2) is 15.0 Å². The highest BCUT2D eigenvalue weighted by atomic mass is 127. The Labute approximate surface area is 87.7 Å². The van der Waals surface area contributed by atoms with Crippen LogP contribution < -0.4 is 0 Å². The quantitative estimate of drug-likeness (QED) is 0.752. The first kappa shape index (κ1) is 8.61.